The van der Waals surface area contributed by atoms with Crippen molar-refractivity contribution in [2.45, 2.75) is 23.1 Å². The molecule has 5 heteroatoms. The molecule has 112 valence electrons. The number of hydrogen-bond acceptors (Lipinski definition) is 3. The summed E-state index contributed by atoms with van der Waals surface area (Å²) in [5.41, 5.74) is 0.966. The van der Waals surface area contributed by atoms with Gasteiger partial charge in [0, 0.05) is 10.5 Å². The molecule has 0 aliphatic carbocycles. The van der Waals surface area contributed by atoms with Gasteiger partial charge in [-0.3, -0.25) is 0 Å². The van der Waals surface area contributed by atoms with Gasteiger partial charge in [-0.1, -0.05) is 46.3 Å². The van der Waals surface area contributed by atoms with Crippen LogP contribution < -0.4 is 5.32 Å². The highest BCUT2D eigenvalue weighted by Gasteiger charge is 2.30. The monoisotopic (exact) mass is 367 g/mol. The molecule has 0 aliphatic rings. The first kappa shape index (κ1) is 16.2. The standard InChI is InChI=1S/C16H18BrNO2S/c1-12(16(18-2)13-6-4-3-5-7-13)21(19,20)15-10-8-14(17)9-11-15/h3-12,16,18H,1-2H3. The molecule has 21 heavy (non-hydrogen) atoms. The van der Waals surface area contributed by atoms with Crippen molar-refractivity contribution in [3.63, 3.8) is 0 Å². The molecule has 0 bridgehead atoms. The molecule has 0 spiro atoms. The van der Waals surface area contributed by atoms with E-state index in [1.165, 1.54) is 0 Å². The van der Waals surface area contributed by atoms with Gasteiger partial charge in [-0.05, 0) is 43.8 Å². The topological polar surface area (TPSA) is 46.2 Å². The first-order chi connectivity index (χ1) is 9.96. The number of benzene rings is 2. The average Bonchev–Trinajstić information content (AvgIpc) is 2.49. The highest BCUT2D eigenvalue weighted by atomic mass is 79.9. The second-order valence-corrected chi connectivity index (χ2v) is 8.10. The number of rotatable bonds is 5. The molecule has 3 nitrogen and oxygen atoms in total. The van der Waals surface area contributed by atoms with Crippen molar-refractivity contribution < 1.29 is 8.42 Å². The van der Waals surface area contributed by atoms with E-state index in [2.05, 4.69) is 21.2 Å². The van der Waals surface area contributed by atoms with Gasteiger partial charge in [0.1, 0.15) is 0 Å². The summed E-state index contributed by atoms with van der Waals surface area (Å²) in [5.74, 6) is 0. The normalized spacial score (nSPS) is 14.6. The van der Waals surface area contributed by atoms with Crippen LogP contribution in [-0.4, -0.2) is 20.7 Å². The van der Waals surface area contributed by atoms with Crippen molar-refractivity contribution in [1.82, 2.24) is 5.32 Å². The quantitative estimate of drug-likeness (QED) is 0.878. The molecule has 0 amide bonds. The smallest absolute Gasteiger partial charge is 0.182 e. The van der Waals surface area contributed by atoms with Crippen LogP contribution in [0, 0.1) is 0 Å². The molecule has 1 N–H and O–H groups in total. The van der Waals surface area contributed by atoms with Gasteiger partial charge >= 0.3 is 0 Å². The van der Waals surface area contributed by atoms with Crippen LogP contribution >= 0.6 is 15.9 Å². The van der Waals surface area contributed by atoms with E-state index in [1.54, 1.807) is 38.2 Å². The molecule has 0 fully saturated rings. The lowest BCUT2D eigenvalue weighted by Crippen LogP contribution is -2.33. The zero-order chi connectivity index (χ0) is 15.5. The first-order valence-electron chi connectivity index (χ1n) is 6.68. The van der Waals surface area contributed by atoms with E-state index in [0.29, 0.717) is 4.90 Å². The minimum absolute atomic E-state index is 0.250. The Morgan fingerprint density at radius 1 is 1.00 bits per heavy atom. The Hall–Kier alpha value is -1.17. The maximum absolute atomic E-state index is 12.8. The van der Waals surface area contributed by atoms with Gasteiger partial charge in [0.05, 0.1) is 10.1 Å². The molecule has 2 rings (SSSR count). The molecule has 2 unspecified atom stereocenters. The van der Waals surface area contributed by atoms with Crippen molar-refractivity contribution in [3.05, 3.63) is 64.6 Å². The van der Waals surface area contributed by atoms with E-state index in [0.717, 1.165) is 10.0 Å². The third-order valence-electron chi connectivity index (χ3n) is 3.57. The second kappa shape index (κ2) is 6.73. The van der Waals surface area contributed by atoms with Gasteiger partial charge in [0.15, 0.2) is 9.84 Å². The van der Waals surface area contributed by atoms with Crippen molar-refractivity contribution in [2.24, 2.45) is 0 Å². The van der Waals surface area contributed by atoms with E-state index in [-0.39, 0.29) is 6.04 Å². The first-order valence-corrected chi connectivity index (χ1v) is 9.02. The maximum atomic E-state index is 12.8. The van der Waals surface area contributed by atoms with Crippen LogP contribution in [0.25, 0.3) is 0 Å². The zero-order valence-electron chi connectivity index (χ0n) is 12.0. The molecule has 0 saturated carbocycles. The van der Waals surface area contributed by atoms with Gasteiger partial charge in [-0.2, -0.15) is 0 Å². The van der Waals surface area contributed by atoms with Crippen LogP contribution in [0.5, 0.6) is 0 Å². The number of hydrogen-bond donors (Lipinski definition) is 1. The molecule has 2 aromatic carbocycles. The molecule has 2 atom stereocenters. The van der Waals surface area contributed by atoms with E-state index in [9.17, 15) is 8.42 Å². The Morgan fingerprint density at radius 2 is 1.57 bits per heavy atom. The summed E-state index contributed by atoms with van der Waals surface area (Å²) in [6, 6.07) is 16.1. The summed E-state index contributed by atoms with van der Waals surface area (Å²) < 4.78 is 26.4. The average molecular weight is 368 g/mol. The van der Waals surface area contributed by atoms with Crippen molar-refractivity contribution >= 4 is 25.8 Å². The number of halogens is 1. The third-order valence-corrected chi connectivity index (χ3v) is 6.28. The van der Waals surface area contributed by atoms with Gasteiger partial charge in [0.2, 0.25) is 0 Å². The summed E-state index contributed by atoms with van der Waals surface area (Å²) in [4.78, 5) is 0.342. The Labute approximate surface area is 134 Å². The minimum atomic E-state index is -3.40. The Bertz CT molecular complexity index is 684. The second-order valence-electron chi connectivity index (χ2n) is 4.88. The lowest BCUT2D eigenvalue weighted by Gasteiger charge is -2.24. The Kier molecular flexibility index (Phi) is 5.19. The van der Waals surface area contributed by atoms with E-state index in [4.69, 9.17) is 0 Å². The van der Waals surface area contributed by atoms with Crippen LogP contribution in [-0.2, 0) is 9.84 Å². The predicted molar refractivity (Wildman–Crippen MR) is 89.0 cm³/mol. The number of sulfone groups is 1. The van der Waals surface area contributed by atoms with Crippen LogP contribution in [0.3, 0.4) is 0 Å². The Morgan fingerprint density at radius 3 is 2.10 bits per heavy atom. The van der Waals surface area contributed by atoms with E-state index < -0.39 is 15.1 Å². The third kappa shape index (κ3) is 3.54. The maximum Gasteiger partial charge on any atom is 0.182 e. The molecule has 0 aliphatic heterocycles. The summed E-state index contributed by atoms with van der Waals surface area (Å²) >= 11 is 3.32. The number of nitrogens with one attached hydrogen (secondary N) is 1. The van der Waals surface area contributed by atoms with Crippen molar-refractivity contribution in [3.8, 4) is 0 Å². The minimum Gasteiger partial charge on any atom is -0.312 e. The van der Waals surface area contributed by atoms with Crippen LogP contribution in [0.2, 0.25) is 0 Å². The fraction of sp³-hybridized carbons (Fsp3) is 0.250. The molecule has 0 radical (unpaired) electrons. The highest BCUT2D eigenvalue weighted by molar-refractivity contribution is 9.10. The predicted octanol–water partition coefficient (Wildman–Crippen LogP) is 3.57. The zero-order valence-corrected chi connectivity index (χ0v) is 14.4. The molecule has 0 heterocycles. The van der Waals surface area contributed by atoms with E-state index in [1.807, 2.05) is 30.3 Å². The lowest BCUT2D eigenvalue weighted by molar-refractivity contribution is 0.530. The van der Waals surface area contributed by atoms with Gasteiger partial charge in [-0.25, -0.2) is 8.42 Å². The van der Waals surface area contributed by atoms with E-state index >= 15 is 0 Å². The highest BCUT2D eigenvalue weighted by Crippen LogP contribution is 2.27. The Balaban J connectivity index is 2.36. The van der Waals surface area contributed by atoms with Crippen LogP contribution in [0.4, 0.5) is 0 Å². The SMILES string of the molecule is CNC(c1ccccc1)C(C)S(=O)(=O)c1ccc(Br)cc1. The summed E-state index contributed by atoms with van der Waals surface area (Å²) in [5, 5.41) is 2.55. The van der Waals surface area contributed by atoms with Crippen LogP contribution in [0.1, 0.15) is 18.5 Å². The van der Waals surface area contributed by atoms with Crippen molar-refractivity contribution in [1.29, 1.82) is 0 Å². The summed E-state index contributed by atoms with van der Waals surface area (Å²) in [6.45, 7) is 1.74. The lowest BCUT2D eigenvalue weighted by atomic mass is 10.0. The molecule has 0 aromatic heterocycles. The molecular weight excluding hydrogens is 350 g/mol. The molecular formula is C16H18BrNO2S. The van der Waals surface area contributed by atoms with Gasteiger partial charge in [-0.15, -0.1) is 0 Å². The van der Waals surface area contributed by atoms with Gasteiger partial charge < -0.3 is 5.32 Å². The van der Waals surface area contributed by atoms with Crippen LogP contribution in [0.15, 0.2) is 64.0 Å². The van der Waals surface area contributed by atoms with Crippen molar-refractivity contribution in [2.75, 3.05) is 7.05 Å². The molecule has 0 saturated heterocycles. The summed E-state index contributed by atoms with van der Waals surface area (Å²) in [7, 11) is -1.62. The largest absolute Gasteiger partial charge is 0.312 e. The summed E-state index contributed by atoms with van der Waals surface area (Å²) in [6.07, 6.45) is 0. The fourth-order valence-electron chi connectivity index (χ4n) is 2.35. The molecule has 2 aromatic rings. The fourth-order valence-corrected chi connectivity index (χ4v) is 4.21. The van der Waals surface area contributed by atoms with Gasteiger partial charge in [0.25, 0.3) is 0 Å².